The van der Waals surface area contributed by atoms with Crippen LogP contribution in [0.25, 0.3) is 0 Å². The fraction of sp³-hybridized carbons (Fsp3) is 0.571. The van der Waals surface area contributed by atoms with Crippen LogP contribution >= 0.6 is 11.8 Å². The first-order chi connectivity index (χ1) is 8.16. The van der Waals surface area contributed by atoms with E-state index < -0.39 is 6.10 Å². The molecule has 94 valence electrons. The van der Waals surface area contributed by atoms with Crippen LogP contribution < -0.4 is 0 Å². The third-order valence-corrected chi connectivity index (χ3v) is 4.67. The molecule has 17 heavy (non-hydrogen) atoms. The van der Waals surface area contributed by atoms with E-state index in [1.807, 2.05) is 6.07 Å². The average Bonchev–Trinajstić information content (AvgIpc) is 2.33. The van der Waals surface area contributed by atoms with E-state index in [1.165, 1.54) is 38.2 Å². The van der Waals surface area contributed by atoms with Gasteiger partial charge in [0.05, 0.1) is 6.10 Å². The Kier molecular flexibility index (Phi) is 4.46. The molecule has 0 aliphatic heterocycles. The van der Waals surface area contributed by atoms with Gasteiger partial charge in [0.15, 0.2) is 0 Å². The fourth-order valence-electron chi connectivity index (χ4n) is 2.24. The second kappa shape index (κ2) is 5.87. The summed E-state index contributed by atoms with van der Waals surface area (Å²) in [4.78, 5) is 0.723. The average molecular weight is 254 g/mol. The lowest BCUT2D eigenvalue weighted by molar-refractivity contribution is 0.198. The van der Waals surface area contributed by atoms with Crippen LogP contribution in [0, 0.1) is 5.82 Å². The van der Waals surface area contributed by atoms with Gasteiger partial charge >= 0.3 is 0 Å². The van der Waals surface area contributed by atoms with Gasteiger partial charge in [0.2, 0.25) is 0 Å². The third-order valence-electron chi connectivity index (χ3n) is 3.28. The normalized spacial score (nSPS) is 19.2. The lowest BCUT2D eigenvalue weighted by Crippen LogP contribution is -2.08. The summed E-state index contributed by atoms with van der Waals surface area (Å²) in [6.45, 7) is 1.66. The van der Waals surface area contributed by atoms with E-state index in [0.29, 0.717) is 10.8 Å². The molecule has 3 heteroatoms. The van der Waals surface area contributed by atoms with Crippen LogP contribution in [0.1, 0.15) is 50.7 Å². The summed E-state index contributed by atoms with van der Waals surface area (Å²) < 4.78 is 13.8. The number of rotatable bonds is 3. The minimum Gasteiger partial charge on any atom is -0.389 e. The second-order valence-corrected chi connectivity index (χ2v) is 6.09. The topological polar surface area (TPSA) is 20.2 Å². The zero-order valence-corrected chi connectivity index (χ0v) is 11.0. The van der Waals surface area contributed by atoms with E-state index in [2.05, 4.69) is 0 Å². The predicted molar refractivity (Wildman–Crippen MR) is 69.8 cm³/mol. The molecule has 1 aromatic carbocycles. The molecule has 0 heterocycles. The Morgan fingerprint density at radius 3 is 2.59 bits per heavy atom. The first kappa shape index (κ1) is 12.9. The van der Waals surface area contributed by atoms with Crippen molar-refractivity contribution >= 4 is 11.8 Å². The molecule has 1 N–H and O–H groups in total. The molecule has 0 radical (unpaired) electrons. The molecule has 1 atom stereocenters. The Bertz CT molecular complexity index is 372. The van der Waals surface area contributed by atoms with E-state index in [1.54, 1.807) is 24.8 Å². The van der Waals surface area contributed by atoms with Gasteiger partial charge in [-0.25, -0.2) is 4.39 Å². The van der Waals surface area contributed by atoms with Gasteiger partial charge < -0.3 is 5.11 Å². The van der Waals surface area contributed by atoms with Crippen molar-refractivity contribution in [2.24, 2.45) is 0 Å². The molecule has 1 nitrogen and oxygen atoms in total. The van der Waals surface area contributed by atoms with Gasteiger partial charge in [-0.3, -0.25) is 0 Å². The lowest BCUT2D eigenvalue weighted by atomic mass is 10.0. The van der Waals surface area contributed by atoms with Crippen molar-refractivity contribution in [3.63, 3.8) is 0 Å². The van der Waals surface area contributed by atoms with Crippen LogP contribution in [0.4, 0.5) is 4.39 Å². The summed E-state index contributed by atoms with van der Waals surface area (Å²) in [7, 11) is 0. The number of hydrogen-bond donors (Lipinski definition) is 1. The van der Waals surface area contributed by atoms with Crippen molar-refractivity contribution in [2.75, 3.05) is 0 Å². The molecule has 1 aliphatic carbocycles. The molecule has 0 spiro atoms. The van der Waals surface area contributed by atoms with Crippen LogP contribution in [0.15, 0.2) is 23.1 Å². The quantitative estimate of drug-likeness (QED) is 0.867. The summed E-state index contributed by atoms with van der Waals surface area (Å²) in [6, 6.07) is 5.07. The number of aliphatic hydroxyl groups is 1. The minimum absolute atomic E-state index is 0.195. The second-order valence-electron chi connectivity index (χ2n) is 4.74. The molecule has 1 saturated carbocycles. The Labute approximate surface area is 106 Å². The van der Waals surface area contributed by atoms with E-state index in [0.717, 1.165) is 4.90 Å². The first-order valence-corrected chi connectivity index (χ1v) is 7.19. The highest BCUT2D eigenvalue weighted by atomic mass is 32.2. The van der Waals surface area contributed by atoms with Gasteiger partial charge in [-0.05, 0) is 37.5 Å². The highest BCUT2D eigenvalue weighted by molar-refractivity contribution is 8.00. The van der Waals surface area contributed by atoms with E-state index in [-0.39, 0.29) is 5.82 Å². The highest BCUT2D eigenvalue weighted by Gasteiger charge is 2.17. The number of aliphatic hydroxyl groups excluding tert-OH is 1. The van der Waals surface area contributed by atoms with Crippen LogP contribution in [0.5, 0.6) is 0 Å². The van der Waals surface area contributed by atoms with Crippen molar-refractivity contribution in [1.29, 1.82) is 0 Å². The molecule has 1 fully saturated rings. The lowest BCUT2D eigenvalue weighted by Gasteiger charge is -2.21. The fourth-order valence-corrected chi connectivity index (χ4v) is 3.48. The molecule has 0 aromatic heterocycles. The number of hydrogen-bond acceptors (Lipinski definition) is 2. The van der Waals surface area contributed by atoms with Gasteiger partial charge in [0.1, 0.15) is 5.82 Å². The molecule has 0 amide bonds. The minimum atomic E-state index is -0.599. The molecule has 0 saturated heterocycles. The van der Waals surface area contributed by atoms with Crippen LogP contribution in [0.2, 0.25) is 0 Å². The van der Waals surface area contributed by atoms with Gasteiger partial charge in [-0.2, -0.15) is 0 Å². The van der Waals surface area contributed by atoms with E-state index >= 15 is 0 Å². The summed E-state index contributed by atoms with van der Waals surface area (Å²) >= 11 is 1.65. The molecular weight excluding hydrogens is 235 g/mol. The molecule has 0 bridgehead atoms. The van der Waals surface area contributed by atoms with E-state index in [4.69, 9.17) is 0 Å². The van der Waals surface area contributed by atoms with E-state index in [9.17, 15) is 9.50 Å². The van der Waals surface area contributed by atoms with Crippen molar-refractivity contribution in [1.82, 2.24) is 0 Å². The van der Waals surface area contributed by atoms with Crippen molar-refractivity contribution in [2.45, 2.75) is 55.3 Å². The van der Waals surface area contributed by atoms with Gasteiger partial charge in [0, 0.05) is 10.1 Å². The molecule has 1 aromatic rings. The third kappa shape index (κ3) is 3.46. The van der Waals surface area contributed by atoms with Crippen molar-refractivity contribution < 1.29 is 9.50 Å². The summed E-state index contributed by atoms with van der Waals surface area (Å²) in [5, 5.41) is 9.95. The monoisotopic (exact) mass is 254 g/mol. The van der Waals surface area contributed by atoms with Crippen LogP contribution in [0.3, 0.4) is 0 Å². The number of benzene rings is 1. The first-order valence-electron chi connectivity index (χ1n) is 6.31. The standard InChI is InChI=1S/C14H19FOS/c1-10(16)11-7-8-14(13(15)9-11)17-12-5-3-2-4-6-12/h7-10,12,16H,2-6H2,1H3. The number of thioether (sulfide) groups is 1. The van der Waals surface area contributed by atoms with Gasteiger partial charge in [-0.15, -0.1) is 11.8 Å². The van der Waals surface area contributed by atoms with Crippen molar-refractivity contribution in [3.05, 3.63) is 29.6 Å². The van der Waals surface area contributed by atoms with Crippen molar-refractivity contribution in [3.8, 4) is 0 Å². The Balaban J connectivity index is 2.05. The van der Waals surface area contributed by atoms with Crippen LogP contribution in [-0.2, 0) is 0 Å². The SMILES string of the molecule is CC(O)c1ccc(SC2CCCCC2)c(F)c1. The zero-order valence-electron chi connectivity index (χ0n) is 10.2. The molecule has 1 unspecified atom stereocenters. The summed E-state index contributed by atoms with van der Waals surface area (Å²) in [6.07, 6.45) is 5.65. The maximum absolute atomic E-state index is 13.8. The van der Waals surface area contributed by atoms with Gasteiger partial charge in [-0.1, -0.05) is 25.3 Å². The highest BCUT2D eigenvalue weighted by Crippen LogP contribution is 2.35. The maximum Gasteiger partial charge on any atom is 0.137 e. The molecule has 1 aliphatic rings. The zero-order chi connectivity index (χ0) is 12.3. The molecular formula is C14H19FOS. The predicted octanol–water partition coefficient (Wildman–Crippen LogP) is 4.30. The largest absolute Gasteiger partial charge is 0.389 e. The Hall–Kier alpha value is -0.540. The summed E-state index contributed by atoms with van der Waals surface area (Å²) in [5.41, 5.74) is 0.649. The number of halogens is 1. The smallest absolute Gasteiger partial charge is 0.137 e. The maximum atomic E-state index is 13.8. The molecule has 2 rings (SSSR count). The summed E-state index contributed by atoms with van der Waals surface area (Å²) in [5.74, 6) is -0.195. The Morgan fingerprint density at radius 1 is 1.29 bits per heavy atom. The van der Waals surface area contributed by atoms with Gasteiger partial charge in [0.25, 0.3) is 0 Å². The Morgan fingerprint density at radius 2 is 2.00 bits per heavy atom. The van der Waals surface area contributed by atoms with Crippen LogP contribution in [-0.4, -0.2) is 10.4 Å².